The number of Topliss-reactive ketones (excluding diaryl/α,β-unsaturated/α-hetero) is 1. The van der Waals surface area contributed by atoms with Gasteiger partial charge in [-0.25, -0.2) is 0 Å². The molecule has 3 heteroatoms. The topological polar surface area (TPSA) is 35.5 Å². The van der Waals surface area contributed by atoms with E-state index in [0.29, 0.717) is 5.78 Å². The molecule has 1 rings (SSSR count). The van der Waals surface area contributed by atoms with Crippen molar-refractivity contribution in [2.45, 2.75) is 90.3 Å². The maximum Gasteiger partial charge on any atom is 0.157 e. The molecule has 0 aromatic carbocycles. The number of ketones is 1. The van der Waals surface area contributed by atoms with Gasteiger partial charge in [0, 0.05) is 19.6 Å². The molecule has 1 saturated heterocycles. The zero-order chi connectivity index (χ0) is 14.5. The second kappa shape index (κ2) is 12.3. The molecule has 20 heavy (non-hydrogen) atoms. The first-order valence-corrected chi connectivity index (χ1v) is 8.51. The molecule has 0 bridgehead atoms. The summed E-state index contributed by atoms with van der Waals surface area (Å²) in [7, 11) is 0. The minimum Gasteiger partial charge on any atom is -0.353 e. The number of carbonyl (C=O) groups is 1. The Morgan fingerprint density at radius 3 is 2.25 bits per heavy atom. The van der Waals surface area contributed by atoms with Crippen molar-refractivity contribution in [3.05, 3.63) is 0 Å². The van der Waals surface area contributed by atoms with Crippen molar-refractivity contribution in [1.82, 2.24) is 0 Å². The van der Waals surface area contributed by atoms with E-state index in [0.717, 1.165) is 38.9 Å². The fourth-order valence-corrected chi connectivity index (χ4v) is 2.59. The summed E-state index contributed by atoms with van der Waals surface area (Å²) in [5.41, 5.74) is 0. The monoisotopic (exact) mass is 284 g/mol. The summed E-state index contributed by atoms with van der Waals surface area (Å²) in [6, 6.07) is 0. The molecule has 1 fully saturated rings. The fraction of sp³-hybridized carbons (Fsp3) is 0.941. The van der Waals surface area contributed by atoms with Crippen LogP contribution in [-0.4, -0.2) is 25.3 Å². The first-order chi connectivity index (χ1) is 9.79. The second-order valence-electron chi connectivity index (χ2n) is 5.95. The number of unbranched alkanes of at least 4 members (excludes halogenated alkanes) is 7. The van der Waals surface area contributed by atoms with Gasteiger partial charge in [-0.2, -0.15) is 0 Å². The lowest BCUT2D eigenvalue weighted by atomic mass is 10.1. The third kappa shape index (κ3) is 10.4. The molecule has 0 saturated carbocycles. The summed E-state index contributed by atoms with van der Waals surface area (Å²) in [5.74, 6) is 0.326. The van der Waals surface area contributed by atoms with Crippen molar-refractivity contribution in [2.24, 2.45) is 0 Å². The van der Waals surface area contributed by atoms with E-state index < -0.39 is 0 Å². The molecule has 0 aliphatic carbocycles. The van der Waals surface area contributed by atoms with E-state index >= 15 is 0 Å². The molecule has 0 amide bonds. The van der Waals surface area contributed by atoms with Gasteiger partial charge in [0.05, 0.1) is 0 Å². The zero-order valence-electron chi connectivity index (χ0n) is 13.2. The molecule has 3 nitrogen and oxygen atoms in total. The Kier molecular flexibility index (Phi) is 10.9. The third-order valence-corrected chi connectivity index (χ3v) is 3.86. The Hall–Kier alpha value is -0.410. The van der Waals surface area contributed by atoms with Crippen LogP contribution in [0.25, 0.3) is 0 Å². The SMILES string of the molecule is CC(=O)CCCCCCCCCCOC1CCCCO1. The molecule has 0 spiro atoms. The van der Waals surface area contributed by atoms with Crippen molar-refractivity contribution >= 4 is 5.78 Å². The molecule has 0 aromatic heterocycles. The highest BCUT2D eigenvalue weighted by Gasteiger charge is 2.13. The Bertz CT molecular complexity index is 234. The zero-order valence-corrected chi connectivity index (χ0v) is 13.2. The van der Waals surface area contributed by atoms with E-state index in [1.54, 1.807) is 6.92 Å². The molecule has 1 atom stereocenters. The van der Waals surface area contributed by atoms with Crippen LogP contribution in [0.15, 0.2) is 0 Å². The Labute approximate surface area is 124 Å². The van der Waals surface area contributed by atoms with E-state index in [9.17, 15) is 4.79 Å². The van der Waals surface area contributed by atoms with Gasteiger partial charge in [0.25, 0.3) is 0 Å². The van der Waals surface area contributed by atoms with Crippen molar-refractivity contribution in [3.8, 4) is 0 Å². The van der Waals surface area contributed by atoms with Crippen LogP contribution in [0.1, 0.15) is 84.0 Å². The molecular formula is C17H32O3. The van der Waals surface area contributed by atoms with Crippen LogP contribution in [0.3, 0.4) is 0 Å². The van der Waals surface area contributed by atoms with Crippen molar-refractivity contribution in [1.29, 1.82) is 0 Å². The molecule has 0 N–H and O–H groups in total. The fourth-order valence-electron chi connectivity index (χ4n) is 2.59. The van der Waals surface area contributed by atoms with Gasteiger partial charge in [-0.3, -0.25) is 0 Å². The molecular weight excluding hydrogens is 252 g/mol. The quantitative estimate of drug-likeness (QED) is 0.490. The van der Waals surface area contributed by atoms with E-state index in [4.69, 9.17) is 9.47 Å². The van der Waals surface area contributed by atoms with Crippen LogP contribution in [0.4, 0.5) is 0 Å². The van der Waals surface area contributed by atoms with E-state index in [2.05, 4.69) is 0 Å². The minimum atomic E-state index is 0.0741. The highest BCUT2D eigenvalue weighted by atomic mass is 16.7. The molecule has 1 heterocycles. The predicted molar refractivity (Wildman–Crippen MR) is 81.8 cm³/mol. The summed E-state index contributed by atoms with van der Waals surface area (Å²) in [6.07, 6.45) is 14.3. The highest BCUT2D eigenvalue weighted by molar-refractivity contribution is 5.75. The standard InChI is InChI=1S/C17H32O3/c1-16(18)12-8-6-4-2-3-5-7-10-14-19-17-13-9-11-15-20-17/h17H,2-15H2,1H3. The van der Waals surface area contributed by atoms with Gasteiger partial charge in [0.15, 0.2) is 6.29 Å². The average Bonchev–Trinajstić information content (AvgIpc) is 2.45. The van der Waals surface area contributed by atoms with Crippen LogP contribution >= 0.6 is 0 Å². The van der Waals surface area contributed by atoms with Crippen molar-refractivity contribution < 1.29 is 14.3 Å². The van der Waals surface area contributed by atoms with Crippen molar-refractivity contribution in [3.63, 3.8) is 0 Å². The normalized spacial score (nSPS) is 19.1. The molecule has 1 aliphatic heterocycles. The molecule has 0 aromatic rings. The average molecular weight is 284 g/mol. The minimum absolute atomic E-state index is 0.0741. The van der Waals surface area contributed by atoms with Crippen LogP contribution < -0.4 is 0 Å². The summed E-state index contributed by atoms with van der Waals surface area (Å²) in [4.78, 5) is 10.8. The van der Waals surface area contributed by atoms with Crippen LogP contribution in [0.2, 0.25) is 0 Å². The Balaban J connectivity index is 1.73. The van der Waals surface area contributed by atoms with Gasteiger partial charge in [-0.1, -0.05) is 38.5 Å². The first kappa shape index (κ1) is 17.6. The molecule has 1 aliphatic rings. The predicted octanol–water partition coefficient (Wildman–Crippen LogP) is 4.63. The van der Waals surface area contributed by atoms with Crippen LogP contribution in [-0.2, 0) is 14.3 Å². The number of hydrogen-bond donors (Lipinski definition) is 0. The number of ether oxygens (including phenoxy) is 2. The summed E-state index contributed by atoms with van der Waals surface area (Å²) >= 11 is 0. The lowest BCUT2D eigenvalue weighted by molar-refractivity contribution is -0.162. The van der Waals surface area contributed by atoms with Gasteiger partial charge in [0.1, 0.15) is 5.78 Å². The van der Waals surface area contributed by atoms with E-state index in [1.165, 1.54) is 51.4 Å². The summed E-state index contributed by atoms with van der Waals surface area (Å²) < 4.78 is 11.2. The molecule has 118 valence electrons. The largest absolute Gasteiger partial charge is 0.353 e. The van der Waals surface area contributed by atoms with Gasteiger partial charge in [0.2, 0.25) is 0 Å². The van der Waals surface area contributed by atoms with Gasteiger partial charge < -0.3 is 14.3 Å². The van der Waals surface area contributed by atoms with Gasteiger partial charge in [-0.05, 0) is 39.0 Å². The lowest BCUT2D eigenvalue weighted by Gasteiger charge is -2.22. The highest BCUT2D eigenvalue weighted by Crippen LogP contribution is 2.15. The third-order valence-electron chi connectivity index (χ3n) is 3.86. The number of carbonyl (C=O) groups excluding carboxylic acids is 1. The number of hydrogen-bond acceptors (Lipinski definition) is 3. The lowest BCUT2D eigenvalue weighted by Crippen LogP contribution is -2.22. The first-order valence-electron chi connectivity index (χ1n) is 8.51. The van der Waals surface area contributed by atoms with Crippen molar-refractivity contribution in [2.75, 3.05) is 13.2 Å². The molecule has 1 unspecified atom stereocenters. The van der Waals surface area contributed by atoms with Gasteiger partial charge >= 0.3 is 0 Å². The summed E-state index contributed by atoms with van der Waals surface area (Å²) in [6.45, 7) is 3.40. The molecule has 0 radical (unpaired) electrons. The van der Waals surface area contributed by atoms with Gasteiger partial charge in [-0.15, -0.1) is 0 Å². The summed E-state index contributed by atoms with van der Waals surface area (Å²) in [5, 5.41) is 0. The smallest absolute Gasteiger partial charge is 0.157 e. The van der Waals surface area contributed by atoms with E-state index in [-0.39, 0.29) is 6.29 Å². The number of rotatable bonds is 12. The maximum absolute atomic E-state index is 10.8. The Morgan fingerprint density at radius 1 is 1.00 bits per heavy atom. The Morgan fingerprint density at radius 2 is 1.65 bits per heavy atom. The maximum atomic E-state index is 10.8. The second-order valence-corrected chi connectivity index (χ2v) is 5.95. The van der Waals surface area contributed by atoms with Crippen LogP contribution in [0, 0.1) is 0 Å². The van der Waals surface area contributed by atoms with E-state index in [1.807, 2.05) is 0 Å². The van der Waals surface area contributed by atoms with Crippen LogP contribution in [0.5, 0.6) is 0 Å².